The highest BCUT2D eigenvalue weighted by atomic mass is 16.1. The molecule has 3 heteroatoms. The Hall–Kier alpha value is -1.35. The minimum Gasteiger partial charge on any atom is -0.352 e. The van der Waals surface area contributed by atoms with Crippen LogP contribution in [0.1, 0.15) is 44.2 Å². The van der Waals surface area contributed by atoms with Gasteiger partial charge in [0.05, 0.1) is 0 Å². The smallest absolute Gasteiger partial charge is 0.224 e. The minimum absolute atomic E-state index is 0.0171. The van der Waals surface area contributed by atoms with Gasteiger partial charge in [-0.25, -0.2) is 0 Å². The maximum absolute atomic E-state index is 11.6. The SMILES string of the molecule is CCC(C)c1ccc(CNC(=O)C(C)CN)cc1. The summed E-state index contributed by atoms with van der Waals surface area (Å²) in [5.74, 6) is 0.485. The monoisotopic (exact) mass is 248 g/mol. The number of amides is 1. The second kappa shape index (κ2) is 7.17. The van der Waals surface area contributed by atoms with E-state index >= 15 is 0 Å². The zero-order chi connectivity index (χ0) is 13.5. The molecule has 0 saturated heterocycles. The highest BCUT2D eigenvalue weighted by Crippen LogP contribution is 2.18. The molecule has 1 rings (SSSR count). The van der Waals surface area contributed by atoms with Crippen LogP contribution in [0.25, 0.3) is 0 Å². The first-order chi connectivity index (χ1) is 8.58. The molecule has 2 unspecified atom stereocenters. The minimum atomic E-state index is -0.121. The van der Waals surface area contributed by atoms with Gasteiger partial charge in [-0.05, 0) is 23.5 Å². The fourth-order valence-corrected chi connectivity index (χ4v) is 1.67. The van der Waals surface area contributed by atoms with Crippen molar-refractivity contribution in [3.8, 4) is 0 Å². The lowest BCUT2D eigenvalue weighted by atomic mass is 9.98. The van der Waals surface area contributed by atoms with E-state index < -0.39 is 0 Å². The van der Waals surface area contributed by atoms with Gasteiger partial charge >= 0.3 is 0 Å². The van der Waals surface area contributed by atoms with Crippen molar-refractivity contribution >= 4 is 5.91 Å². The van der Waals surface area contributed by atoms with Crippen LogP contribution in [0.3, 0.4) is 0 Å². The average molecular weight is 248 g/mol. The van der Waals surface area contributed by atoms with Crippen molar-refractivity contribution in [3.05, 3.63) is 35.4 Å². The van der Waals surface area contributed by atoms with Crippen LogP contribution < -0.4 is 11.1 Å². The van der Waals surface area contributed by atoms with E-state index in [9.17, 15) is 4.79 Å². The van der Waals surface area contributed by atoms with Crippen LogP contribution in [0, 0.1) is 5.92 Å². The van der Waals surface area contributed by atoms with Gasteiger partial charge < -0.3 is 11.1 Å². The predicted octanol–water partition coefficient (Wildman–Crippen LogP) is 2.41. The molecular formula is C15H24N2O. The number of nitrogens with one attached hydrogen (secondary N) is 1. The van der Waals surface area contributed by atoms with Gasteiger partial charge in [0.2, 0.25) is 5.91 Å². The van der Waals surface area contributed by atoms with Crippen LogP contribution in [-0.2, 0) is 11.3 Å². The summed E-state index contributed by atoms with van der Waals surface area (Å²) >= 11 is 0. The fraction of sp³-hybridized carbons (Fsp3) is 0.533. The zero-order valence-electron chi connectivity index (χ0n) is 11.6. The maximum atomic E-state index is 11.6. The van der Waals surface area contributed by atoms with Gasteiger partial charge in [0.25, 0.3) is 0 Å². The van der Waals surface area contributed by atoms with E-state index in [1.54, 1.807) is 0 Å². The van der Waals surface area contributed by atoms with Gasteiger partial charge in [0, 0.05) is 19.0 Å². The van der Waals surface area contributed by atoms with Crippen molar-refractivity contribution in [1.82, 2.24) is 5.32 Å². The Morgan fingerprint density at radius 2 is 1.89 bits per heavy atom. The zero-order valence-corrected chi connectivity index (χ0v) is 11.6. The van der Waals surface area contributed by atoms with Gasteiger partial charge in [0.15, 0.2) is 0 Å². The van der Waals surface area contributed by atoms with Gasteiger partial charge in [-0.3, -0.25) is 4.79 Å². The third-order valence-corrected chi connectivity index (χ3v) is 3.43. The van der Waals surface area contributed by atoms with Crippen LogP contribution in [-0.4, -0.2) is 12.5 Å². The van der Waals surface area contributed by atoms with Gasteiger partial charge in [0.1, 0.15) is 0 Å². The van der Waals surface area contributed by atoms with Gasteiger partial charge in [-0.2, -0.15) is 0 Å². The van der Waals surface area contributed by atoms with Gasteiger partial charge in [-0.15, -0.1) is 0 Å². The molecule has 0 saturated carbocycles. The van der Waals surface area contributed by atoms with E-state index in [0.29, 0.717) is 19.0 Å². The Kier molecular flexibility index (Phi) is 5.86. The lowest BCUT2D eigenvalue weighted by molar-refractivity contribution is -0.124. The first-order valence-electron chi connectivity index (χ1n) is 6.65. The van der Waals surface area contributed by atoms with E-state index in [0.717, 1.165) is 12.0 Å². The Bertz CT molecular complexity index is 373. The highest BCUT2D eigenvalue weighted by Gasteiger charge is 2.09. The second-order valence-corrected chi connectivity index (χ2v) is 4.91. The quantitative estimate of drug-likeness (QED) is 0.812. The van der Waals surface area contributed by atoms with Crippen molar-refractivity contribution in [3.63, 3.8) is 0 Å². The average Bonchev–Trinajstić information content (AvgIpc) is 2.43. The number of benzene rings is 1. The van der Waals surface area contributed by atoms with Gasteiger partial charge in [-0.1, -0.05) is 45.0 Å². The molecule has 18 heavy (non-hydrogen) atoms. The lowest BCUT2D eigenvalue weighted by Gasteiger charge is -2.12. The second-order valence-electron chi connectivity index (χ2n) is 4.91. The van der Waals surface area contributed by atoms with E-state index in [4.69, 9.17) is 5.73 Å². The number of carbonyl (C=O) groups excluding carboxylic acids is 1. The highest BCUT2D eigenvalue weighted by molar-refractivity contribution is 5.78. The summed E-state index contributed by atoms with van der Waals surface area (Å²) in [5, 5.41) is 2.89. The van der Waals surface area contributed by atoms with Crippen LogP contribution in [0.2, 0.25) is 0 Å². The summed E-state index contributed by atoms with van der Waals surface area (Å²) in [6, 6.07) is 8.44. The van der Waals surface area contributed by atoms with E-state index in [-0.39, 0.29) is 11.8 Å². The molecule has 0 spiro atoms. The van der Waals surface area contributed by atoms with Crippen molar-refractivity contribution < 1.29 is 4.79 Å². The van der Waals surface area contributed by atoms with Crippen molar-refractivity contribution in [2.24, 2.45) is 11.7 Å². The first-order valence-corrected chi connectivity index (χ1v) is 6.65. The Balaban J connectivity index is 2.51. The molecule has 1 amide bonds. The number of hydrogen-bond acceptors (Lipinski definition) is 2. The lowest BCUT2D eigenvalue weighted by Crippen LogP contribution is -2.32. The fourth-order valence-electron chi connectivity index (χ4n) is 1.67. The molecule has 0 aromatic heterocycles. The number of rotatable bonds is 6. The molecule has 1 aromatic carbocycles. The van der Waals surface area contributed by atoms with E-state index in [2.05, 4.69) is 43.4 Å². The Morgan fingerprint density at radius 1 is 1.28 bits per heavy atom. The summed E-state index contributed by atoms with van der Waals surface area (Å²) in [5.41, 5.74) is 7.92. The van der Waals surface area contributed by atoms with Crippen LogP contribution in [0.4, 0.5) is 0 Å². The molecule has 2 atom stereocenters. The Labute approximate surface area is 110 Å². The summed E-state index contributed by atoms with van der Waals surface area (Å²) < 4.78 is 0. The molecule has 100 valence electrons. The van der Waals surface area contributed by atoms with Crippen LogP contribution in [0.5, 0.6) is 0 Å². The van der Waals surface area contributed by atoms with Crippen molar-refractivity contribution in [1.29, 1.82) is 0 Å². The molecule has 0 heterocycles. The largest absolute Gasteiger partial charge is 0.352 e. The number of carbonyl (C=O) groups is 1. The topological polar surface area (TPSA) is 55.1 Å². The van der Waals surface area contributed by atoms with Crippen molar-refractivity contribution in [2.45, 2.75) is 39.7 Å². The molecular weight excluding hydrogens is 224 g/mol. The van der Waals surface area contributed by atoms with Crippen LogP contribution >= 0.6 is 0 Å². The van der Waals surface area contributed by atoms with E-state index in [1.807, 2.05) is 6.92 Å². The molecule has 3 nitrogen and oxygen atoms in total. The first kappa shape index (κ1) is 14.7. The summed E-state index contributed by atoms with van der Waals surface area (Å²) in [7, 11) is 0. The predicted molar refractivity (Wildman–Crippen MR) is 75.2 cm³/mol. The van der Waals surface area contributed by atoms with E-state index in [1.165, 1.54) is 5.56 Å². The molecule has 0 aliphatic heterocycles. The molecule has 0 fully saturated rings. The summed E-state index contributed by atoms with van der Waals surface area (Å²) in [6.45, 7) is 7.21. The molecule has 0 bridgehead atoms. The molecule has 0 aliphatic carbocycles. The summed E-state index contributed by atoms with van der Waals surface area (Å²) in [4.78, 5) is 11.6. The normalized spacial score (nSPS) is 14.0. The third kappa shape index (κ3) is 4.15. The van der Waals surface area contributed by atoms with Crippen molar-refractivity contribution in [2.75, 3.05) is 6.54 Å². The molecule has 0 radical (unpaired) electrons. The molecule has 3 N–H and O–H groups in total. The molecule has 0 aliphatic rings. The summed E-state index contributed by atoms with van der Waals surface area (Å²) in [6.07, 6.45) is 1.14. The molecule has 1 aromatic rings. The number of nitrogens with two attached hydrogens (primary N) is 1. The Morgan fingerprint density at radius 3 is 2.39 bits per heavy atom. The number of hydrogen-bond donors (Lipinski definition) is 2. The van der Waals surface area contributed by atoms with Crippen LogP contribution in [0.15, 0.2) is 24.3 Å². The maximum Gasteiger partial charge on any atom is 0.224 e. The third-order valence-electron chi connectivity index (χ3n) is 3.43. The standard InChI is InChI=1S/C15H24N2O/c1-4-11(2)14-7-5-13(6-8-14)10-17-15(18)12(3)9-16/h5-8,11-12H,4,9-10,16H2,1-3H3,(H,17,18).